The highest BCUT2D eigenvalue weighted by molar-refractivity contribution is 5.87. The molecule has 1 aliphatic carbocycles. The highest BCUT2D eigenvalue weighted by Crippen LogP contribution is 2.35. The van der Waals surface area contributed by atoms with E-state index in [2.05, 4.69) is 10.2 Å². The fourth-order valence-electron chi connectivity index (χ4n) is 2.81. The van der Waals surface area contributed by atoms with Crippen LogP contribution >= 0.6 is 0 Å². The largest absolute Gasteiger partial charge is 0.490 e. The minimum absolute atomic E-state index is 0.0834. The average Bonchev–Trinajstić information content (AvgIpc) is 3.10. The molecule has 2 N–H and O–H groups in total. The lowest BCUT2D eigenvalue weighted by atomic mass is 10.0. The van der Waals surface area contributed by atoms with Crippen molar-refractivity contribution in [2.45, 2.75) is 38.7 Å². The number of nitrogens with zero attached hydrogens (tertiary/aromatic N) is 1. The first-order valence-electron chi connectivity index (χ1n) is 7.20. The van der Waals surface area contributed by atoms with Gasteiger partial charge in [-0.05, 0) is 50.3 Å². The maximum absolute atomic E-state index is 11.0. The average molecular weight is 286 g/mol. The summed E-state index contributed by atoms with van der Waals surface area (Å²) in [7, 11) is 0. The van der Waals surface area contributed by atoms with Crippen molar-refractivity contribution >= 4 is 5.97 Å². The Morgan fingerprint density at radius 2 is 2.14 bits per heavy atom. The van der Waals surface area contributed by atoms with Crippen LogP contribution in [0, 0.1) is 6.92 Å². The summed E-state index contributed by atoms with van der Waals surface area (Å²) in [4.78, 5) is 11.0. The van der Waals surface area contributed by atoms with Gasteiger partial charge in [0.25, 0.3) is 0 Å². The molecule has 5 nitrogen and oxygen atoms in total. The maximum Gasteiger partial charge on any atom is 0.353 e. The van der Waals surface area contributed by atoms with E-state index in [0.29, 0.717) is 5.69 Å². The van der Waals surface area contributed by atoms with Gasteiger partial charge in [-0.1, -0.05) is 12.1 Å². The molecule has 1 fully saturated rings. The van der Waals surface area contributed by atoms with E-state index in [4.69, 9.17) is 9.84 Å². The zero-order valence-electron chi connectivity index (χ0n) is 11.9. The van der Waals surface area contributed by atoms with E-state index in [0.717, 1.165) is 29.7 Å². The van der Waals surface area contributed by atoms with Crippen LogP contribution in [-0.4, -0.2) is 27.4 Å². The number of carboxylic acids is 1. The fourth-order valence-corrected chi connectivity index (χ4v) is 2.81. The van der Waals surface area contributed by atoms with Crippen LogP contribution < -0.4 is 4.74 Å². The Morgan fingerprint density at radius 3 is 2.81 bits per heavy atom. The number of carboxylic acid groups (broad SMARTS) is 1. The molecular weight excluding hydrogens is 268 g/mol. The van der Waals surface area contributed by atoms with Crippen LogP contribution in [0.2, 0.25) is 0 Å². The first kappa shape index (κ1) is 13.7. The molecule has 110 valence electrons. The summed E-state index contributed by atoms with van der Waals surface area (Å²) in [6.45, 7) is 1.98. The van der Waals surface area contributed by atoms with Crippen molar-refractivity contribution < 1.29 is 14.6 Å². The Hall–Kier alpha value is -2.30. The lowest BCUT2D eigenvalue weighted by Gasteiger charge is -2.17. The molecule has 1 aromatic carbocycles. The molecule has 0 bridgehead atoms. The molecule has 2 aromatic rings. The van der Waals surface area contributed by atoms with E-state index < -0.39 is 5.97 Å². The summed E-state index contributed by atoms with van der Waals surface area (Å²) in [5, 5.41) is 15.7. The van der Waals surface area contributed by atoms with E-state index in [1.54, 1.807) is 6.07 Å². The number of carbonyl (C=O) groups is 1. The molecule has 21 heavy (non-hydrogen) atoms. The zero-order chi connectivity index (χ0) is 14.8. The molecule has 3 rings (SSSR count). The quantitative estimate of drug-likeness (QED) is 0.903. The summed E-state index contributed by atoms with van der Waals surface area (Å²) < 4.78 is 6.11. The lowest BCUT2D eigenvalue weighted by Crippen LogP contribution is -2.11. The van der Waals surface area contributed by atoms with E-state index in [1.165, 1.54) is 12.8 Å². The molecular formula is C16H18N2O3. The van der Waals surface area contributed by atoms with Crippen molar-refractivity contribution in [1.29, 1.82) is 0 Å². The van der Waals surface area contributed by atoms with Crippen molar-refractivity contribution in [1.82, 2.24) is 10.2 Å². The SMILES string of the molecule is Cc1cccc(OC2CCCC2)c1-c1cc(C(=O)O)[nH]n1. The van der Waals surface area contributed by atoms with Crippen molar-refractivity contribution in [3.8, 4) is 17.0 Å². The Balaban J connectivity index is 1.97. The predicted molar refractivity (Wildman–Crippen MR) is 78.6 cm³/mol. The van der Waals surface area contributed by atoms with Gasteiger partial charge in [-0.2, -0.15) is 5.10 Å². The van der Waals surface area contributed by atoms with Crippen LogP contribution in [0.25, 0.3) is 11.3 Å². The maximum atomic E-state index is 11.0. The topological polar surface area (TPSA) is 75.2 Å². The summed E-state index contributed by atoms with van der Waals surface area (Å²) >= 11 is 0. The minimum atomic E-state index is -1.01. The van der Waals surface area contributed by atoms with Crippen molar-refractivity contribution in [2.24, 2.45) is 0 Å². The molecule has 0 radical (unpaired) electrons. The van der Waals surface area contributed by atoms with Crippen LogP contribution in [0.1, 0.15) is 41.7 Å². The number of hydrogen-bond donors (Lipinski definition) is 2. The molecule has 1 aromatic heterocycles. The second kappa shape index (κ2) is 5.60. The number of ether oxygens (including phenoxy) is 1. The molecule has 1 heterocycles. The van der Waals surface area contributed by atoms with Gasteiger partial charge in [-0.25, -0.2) is 4.79 Å². The van der Waals surface area contributed by atoms with Crippen LogP contribution in [0.4, 0.5) is 0 Å². The number of aromatic nitrogens is 2. The number of aromatic carboxylic acids is 1. The number of aromatic amines is 1. The Kier molecular flexibility index (Phi) is 3.64. The van der Waals surface area contributed by atoms with Crippen molar-refractivity contribution in [2.75, 3.05) is 0 Å². The molecule has 5 heteroatoms. The number of nitrogens with one attached hydrogen (secondary N) is 1. The monoisotopic (exact) mass is 286 g/mol. The van der Waals surface area contributed by atoms with Crippen LogP contribution in [0.15, 0.2) is 24.3 Å². The lowest BCUT2D eigenvalue weighted by molar-refractivity contribution is 0.0690. The van der Waals surface area contributed by atoms with Crippen LogP contribution in [0.3, 0.4) is 0 Å². The number of rotatable bonds is 4. The molecule has 0 amide bonds. The molecule has 0 atom stereocenters. The fraction of sp³-hybridized carbons (Fsp3) is 0.375. The van der Waals surface area contributed by atoms with Gasteiger partial charge >= 0.3 is 5.97 Å². The number of H-pyrrole nitrogens is 1. The highest BCUT2D eigenvalue weighted by atomic mass is 16.5. The summed E-state index contributed by atoms with van der Waals surface area (Å²) in [6, 6.07) is 7.40. The van der Waals surface area contributed by atoms with Gasteiger partial charge < -0.3 is 9.84 Å². The van der Waals surface area contributed by atoms with Gasteiger partial charge in [-0.15, -0.1) is 0 Å². The third kappa shape index (κ3) is 2.77. The predicted octanol–water partition coefficient (Wildman–Crippen LogP) is 3.40. The first-order valence-corrected chi connectivity index (χ1v) is 7.20. The first-order chi connectivity index (χ1) is 10.1. The Bertz CT molecular complexity index is 657. The number of benzene rings is 1. The van der Waals surface area contributed by atoms with Gasteiger partial charge in [0.15, 0.2) is 0 Å². The molecule has 0 saturated heterocycles. The Morgan fingerprint density at radius 1 is 1.38 bits per heavy atom. The normalized spacial score (nSPS) is 15.3. The smallest absolute Gasteiger partial charge is 0.353 e. The van der Waals surface area contributed by atoms with Crippen molar-refractivity contribution in [3.63, 3.8) is 0 Å². The third-order valence-corrected chi connectivity index (χ3v) is 3.89. The van der Waals surface area contributed by atoms with E-state index in [-0.39, 0.29) is 11.8 Å². The van der Waals surface area contributed by atoms with Gasteiger partial charge in [0, 0.05) is 5.56 Å². The Labute approximate surface area is 123 Å². The van der Waals surface area contributed by atoms with E-state index in [1.807, 2.05) is 25.1 Å². The molecule has 0 aliphatic heterocycles. The van der Waals surface area contributed by atoms with Crippen LogP contribution in [0.5, 0.6) is 5.75 Å². The van der Waals surface area contributed by atoms with Crippen molar-refractivity contribution in [3.05, 3.63) is 35.5 Å². The molecule has 0 spiro atoms. The van der Waals surface area contributed by atoms with Gasteiger partial charge in [0.1, 0.15) is 11.4 Å². The minimum Gasteiger partial charge on any atom is -0.490 e. The molecule has 1 aliphatic rings. The molecule has 0 unspecified atom stereocenters. The zero-order valence-corrected chi connectivity index (χ0v) is 11.9. The summed E-state index contributed by atoms with van der Waals surface area (Å²) in [6.07, 6.45) is 4.82. The second-order valence-corrected chi connectivity index (χ2v) is 5.44. The highest BCUT2D eigenvalue weighted by Gasteiger charge is 2.20. The van der Waals surface area contributed by atoms with Gasteiger partial charge in [0.05, 0.1) is 11.8 Å². The van der Waals surface area contributed by atoms with E-state index >= 15 is 0 Å². The van der Waals surface area contributed by atoms with E-state index in [9.17, 15) is 4.79 Å². The number of hydrogen-bond acceptors (Lipinski definition) is 3. The summed E-state index contributed by atoms with van der Waals surface area (Å²) in [5.74, 6) is -0.231. The van der Waals surface area contributed by atoms with Gasteiger partial charge in [0.2, 0.25) is 0 Å². The third-order valence-electron chi connectivity index (χ3n) is 3.89. The van der Waals surface area contributed by atoms with Gasteiger partial charge in [-0.3, -0.25) is 5.10 Å². The standard InChI is InChI=1S/C16H18N2O3/c1-10-5-4-8-14(21-11-6-2-3-7-11)15(10)12-9-13(16(19)20)18-17-12/h4-5,8-9,11H,2-3,6-7H2,1H3,(H,17,18)(H,19,20). The molecule has 1 saturated carbocycles. The number of aryl methyl sites for hydroxylation is 1. The summed E-state index contributed by atoms with van der Waals surface area (Å²) in [5.41, 5.74) is 2.58. The second-order valence-electron chi connectivity index (χ2n) is 5.44. The van der Waals surface area contributed by atoms with Crippen LogP contribution in [-0.2, 0) is 0 Å².